The zero-order valence-electron chi connectivity index (χ0n) is 16.5. The molecule has 160 valence electrons. The third kappa shape index (κ3) is 4.12. The fourth-order valence-corrected chi connectivity index (χ4v) is 4.92. The van der Waals surface area contributed by atoms with Crippen LogP contribution < -0.4 is 9.88 Å². The van der Waals surface area contributed by atoms with Gasteiger partial charge in [0.2, 0.25) is 0 Å². The summed E-state index contributed by atoms with van der Waals surface area (Å²) in [6.07, 6.45) is 5.24. The summed E-state index contributed by atoms with van der Waals surface area (Å²) < 4.78 is 37.2. The van der Waals surface area contributed by atoms with Crippen molar-refractivity contribution in [1.82, 2.24) is 9.47 Å². The number of fused-ring (bicyclic) bond motifs is 2. The van der Waals surface area contributed by atoms with Crippen LogP contribution in [-0.2, 0) is 16.5 Å². The lowest BCUT2D eigenvalue weighted by molar-refractivity contribution is 0.240. The van der Waals surface area contributed by atoms with Crippen molar-refractivity contribution in [2.24, 2.45) is 9.50 Å². The van der Waals surface area contributed by atoms with Gasteiger partial charge in [-0.05, 0) is 48.0 Å². The normalized spacial score (nSPS) is 21.2. The van der Waals surface area contributed by atoms with Gasteiger partial charge in [0.05, 0.1) is 10.5 Å². The molecule has 5 rings (SSSR count). The standard InChI is InChI=1S/C22H20ClFN4O2S/c23-20-11-19(28-5-3-16-9-18(24)1-2-21(16)28)10-17-14-27(6-7-30-22(17)20)13-15-4-8-31(25,29)26-12-15/h1-5,8-12H,6-7,13-14H2,(H2,25,26,29). The van der Waals surface area contributed by atoms with Gasteiger partial charge in [0.15, 0.2) is 0 Å². The Kier molecular flexibility index (Phi) is 5.10. The Morgan fingerprint density at radius 1 is 1.26 bits per heavy atom. The maximum atomic E-state index is 13.6. The van der Waals surface area contributed by atoms with Crippen LogP contribution in [0.25, 0.3) is 16.6 Å². The molecular formula is C22H20ClFN4O2S. The minimum atomic E-state index is -2.74. The Labute approximate surface area is 184 Å². The van der Waals surface area contributed by atoms with Gasteiger partial charge < -0.3 is 9.30 Å². The molecule has 0 fully saturated rings. The molecule has 0 amide bonds. The van der Waals surface area contributed by atoms with E-state index in [2.05, 4.69) is 9.26 Å². The fourth-order valence-electron chi connectivity index (χ4n) is 3.89. The van der Waals surface area contributed by atoms with Crippen LogP contribution in [0.2, 0.25) is 5.02 Å². The van der Waals surface area contributed by atoms with Crippen molar-refractivity contribution in [1.29, 1.82) is 0 Å². The predicted octanol–water partition coefficient (Wildman–Crippen LogP) is 4.37. The van der Waals surface area contributed by atoms with Crippen LogP contribution in [0, 0.1) is 5.82 Å². The number of nitrogens with zero attached hydrogens (tertiary/aromatic N) is 3. The Bertz CT molecular complexity index is 1370. The van der Waals surface area contributed by atoms with Crippen molar-refractivity contribution >= 4 is 32.4 Å². The van der Waals surface area contributed by atoms with E-state index in [4.69, 9.17) is 21.5 Å². The van der Waals surface area contributed by atoms with Gasteiger partial charge >= 0.3 is 0 Å². The zero-order valence-corrected chi connectivity index (χ0v) is 18.1. The summed E-state index contributed by atoms with van der Waals surface area (Å²) in [5.41, 5.74) is 3.66. The van der Waals surface area contributed by atoms with Gasteiger partial charge in [-0.2, -0.15) is 4.36 Å². The van der Waals surface area contributed by atoms with Crippen LogP contribution in [0.4, 0.5) is 4.39 Å². The van der Waals surface area contributed by atoms with Gasteiger partial charge in [0.25, 0.3) is 0 Å². The van der Waals surface area contributed by atoms with E-state index < -0.39 is 9.92 Å². The van der Waals surface area contributed by atoms with Crippen molar-refractivity contribution in [3.05, 3.63) is 82.3 Å². The summed E-state index contributed by atoms with van der Waals surface area (Å²) in [5.74, 6) is 0.413. The van der Waals surface area contributed by atoms with E-state index in [1.807, 2.05) is 29.0 Å². The number of benzene rings is 2. The zero-order chi connectivity index (χ0) is 21.6. The average molecular weight is 459 g/mol. The first-order valence-electron chi connectivity index (χ1n) is 9.74. The summed E-state index contributed by atoms with van der Waals surface area (Å²) >= 11 is 6.58. The molecule has 0 saturated carbocycles. The van der Waals surface area contributed by atoms with Crippen LogP contribution in [0.5, 0.6) is 5.75 Å². The molecule has 31 heavy (non-hydrogen) atoms. The van der Waals surface area contributed by atoms with Gasteiger partial charge in [-0.25, -0.2) is 13.7 Å². The maximum absolute atomic E-state index is 13.6. The largest absolute Gasteiger partial charge is 0.490 e. The molecule has 2 N–H and O–H groups in total. The van der Waals surface area contributed by atoms with Gasteiger partial charge in [-0.15, -0.1) is 0 Å². The van der Waals surface area contributed by atoms with Crippen molar-refractivity contribution in [2.45, 2.75) is 6.54 Å². The lowest BCUT2D eigenvalue weighted by Gasteiger charge is -2.20. The van der Waals surface area contributed by atoms with Crippen molar-refractivity contribution in [3.63, 3.8) is 0 Å². The molecule has 0 bridgehead atoms. The third-order valence-corrected chi connectivity index (χ3v) is 6.59. The second-order valence-corrected chi connectivity index (χ2v) is 9.71. The van der Waals surface area contributed by atoms with Gasteiger partial charge in [-0.3, -0.25) is 4.90 Å². The number of nitrogens with two attached hydrogens (primary N) is 1. The number of hydrogen-bond donors (Lipinski definition) is 1. The Morgan fingerprint density at radius 3 is 2.94 bits per heavy atom. The van der Waals surface area contributed by atoms with Crippen LogP contribution in [-0.4, -0.2) is 33.4 Å². The molecule has 0 radical (unpaired) electrons. The minimum Gasteiger partial charge on any atom is -0.490 e. The summed E-state index contributed by atoms with van der Waals surface area (Å²) in [7, 11) is -2.74. The number of halogens is 2. The van der Waals surface area contributed by atoms with Crippen molar-refractivity contribution in [3.8, 4) is 11.4 Å². The third-order valence-electron chi connectivity index (χ3n) is 5.35. The maximum Gasteiger partial charge on any atom is 0.142 e. The van der Waals surface area contributed by atoms with E-state index in [0.717, 1.165) is 27.7 Å². The molecule has 1 aromatic heterocycles. The molecule has 1 atom stereocenters. The highest BCUT2D eigenvalue weighted by Gasteiger charge is 2.20. The van der Waals surface area contributed by atoms with E-state index in [0.29, 0.717) is 37.0 Å². The molecule has 2 aliphatic rings. The predicted molar refractivity (Wildman–Crippen MR) is 121 cm³/mol. The molecule has 6 nitrogen and oxygen atoms in total. The fraction of sp³-hybridized carbons (Fsp3) is 0.182. The van der Waals surface area contributed by atoms with E-state index in [-0.39, 0.29) is 5.82 Å². The highest BCUT2D eigenvalue weighted by Crippen LogP contribution is 2.35. The quantitative estimate of drug-likeness (QED) is 0.633. The number of hydrogen-bond acceptors (Lipinski definition) is 4. The number of ether oxygens (including phenoxy) is 1. The molecular weight excluding hydrogens is 439 g/mol. The molecule has 9 heteroatoms. The molecule has 3 aromatic rings. The van der Waals surface area contributed by atoms with Crippen LogP contribution in [0.15, 0.2) is 70.2 Å². The first-order valence-corrected chi connectivity index (χ1v) is 11.8. The molecule has 1 unspecified atom stereocenters. The molecule has 0 saturated heterocycles. The van der Waals surface area contributed by atoms with Gasteiger partial charge in [-0.1, -0.05) is 11.6 Å². The molecule has 0 aliphatic carbocycles. The Morgan fingerprint density at radius 2 is 2.13 bits per heavy atom. The molecule has 2 aliphatic heterocycles. The van der Waals surface area contributed by atoms with Gasteiger partial charge in [0.1, 0.15) is 28.1 Å². The first-order chi connectivity index (χ1) is 14.9. The van der Waals surface area contributed by atoms with Crippen molar-refractivity contribution in [2.75, 3.05) is 19.7 Å². The van der Waals surface area contributed by atoms with Crippen LogP contribution >= 0.6 is 11.6 Å². The van der Waals surface area contributed by atoms with Crippen LogP contribution in [0.3, 0.4) is 0 Å². The van der Waals surface area contributed by atoms with E-state index in [1.165, 1.54) is 17.5 Å². The van der Waals surface area contributed by atoms with E-state index in [9.17, 15) is 8.60 Å². The Balaban J connectivity index is 1.48. The summed E-state index contributed by atoms with van der Waals surface area (Å²) in [4.78, 5) is 2.21. The summed E-state index contributed by atoms with van der Waals surface area (Å²) in [6.45, 7) is 2.45. The Hall–Kier alpha value is -2.65. The highest BCUT2D eigenvalue weighted by atomic mass is 35.5. The SMILES string of the molecule is NS1(=O)=NC=C(CN2CCOc3c(Cl)cc(-n4ccc5cc(F)ccc54)cc3C2)C=C1. The highest BCUT2D eigenvalue weighted by molar-refractivity contribution is 7.94. The monoisotopic (exact) mass is 458 g/mol. The molecule has 2 aromatic carbocycles. The molecule has 0 spiro atoms. The van der Waals surface area contributed by atoms with Crippen LogP contribution in [0.1, 0.15) is 5.56 Å². The number of rotatable bonds is 3. The number of aromatic nitrogens is 1. The topological polar surface area (TPSA) is 72.8 Å². The first kappa shape index (κ1) is 20.3. The second-order valence-electron chi connectivity index (χ2n) is 7.59. The second kappa shape index (κ2) is 7.80. The molecule has 3 heterocycles. The van der Waals surface area contributed by atoms with E-state index >= 15 is 0 Å². The smallest absolute Gasteiger partial charge is 0.142 e. The van der Waals surface area contributed by atoms with Gasteiger partial charge in [0, 0.05) is 54.1 Å². The van der Waals surface area contributed by atoms with Crippen molar-refractivity contribution < 1.29 is 13.3 Å². The summed E-state index contributed by atoms with van der Waals surface area (Å²) in [6, 6.07) is 10.5. The average Bonchev–Trinajstić information content (AvgIpc) is 3.02. The minimum absolute atomic E-state index is 0.266. The lowest BCUT2D eigenvalue weighted by atomic mass is 10.1. The van der Waals surface area contributed by atoms with E-state index in [1.54, 1.807) is 18.3 Å². The lowest BCUT2D eigenvalue weighted by Crippen LogP contribution is -2.28. The summed E-state index contributed by atoms with van der Waals surface area (Å²) in [5, 5.41) is 8.35.